The van der Waals surface area contributed by atoms with Crippen LogP contribution in [0.3, 0.4) is 0 Å². The van der Waals surface area contributed by atoms with E-state index in [1.165, 1.54) is 32.1 Å². The van der Waals surface area contributed by atoms with E-state index in [0.717, 1.165) is 45.3 Å². The molecular weight excluding hydrogens is 264 g/mol. The Hall–Kier alpha value is -0.120. The summed E-state index contributed by atoms with van der Waals surface area (Å²) in [6.07, 6.45) is 12.2. The fourth-order valence-electron chi connectivity index (χ4n) is 4.71. The van der Waals surface area contributed by atoms with Gasteiger partial charge in [-0.15, -0.1) is 0 Å². The van der Waals surface area contributed by atoms with Crippen molar-refractivity contribution < 1.29 is 14.6 Å². The molecule has 0 aromatic rings. The number of ether oxygens (including phenoxy) is 2. The molecule has 3 heteroatoms. The summed E-state index contributed by atoms with van der Waals surface area (Å²) in [5.41, 5.74) is 0.121. The molecule has 1 N–H and O–H groups in total. The Balaban J connectivity index is 1.45. The Morgan fingerprint density at radius 3 is 2.71 bits per heavy atom. The van der Waals surface area contributed by atoms with Crippen molar-refractivity contribution in [3.05, 3.63) is 0 Å². The van der Waals surface area contributed by atoms with Crippen LogP contribution in [0.2, 0.25) is 0 Å². The highest BCUT2D eigenvalue weighted by Crippen LogP contribution is 2.43. The molecular formula is C18H32O3. The van der Waals surface area contributed by atoms with Gasteiger partial charge in [-0.2, -0.15) is 0 Å². The summed E-state index contributed by atoms with van der Waals surface area (Å²) in [7, 11) is 0. The summed E-state index contributed by atoms with van der Waals surface area (Å²) in [5, 5.41) is 10.6. The second-order valence-corrected chi connectivity index (χ2v) is 7.56. The van der Waals surface area contributed by atoms with Crippen LogP contribution in [0.4, 0.5) is 0 Å². The van der Waals surface area contributed by atoms with Crippen LogP contribution in [0.5, 0.6) is 0 Å². The predicted octanol–water partition coefficient (Wildman–Crippen LogP) is 3.68. The summed E-state index contributed by atoms with van der Waals surface area (Å²) in [6, 6.07) is 0. The molecule has 0 radical (unpaired) electrons. The zero-order valence-corrected chi connectivity index (χ0v) is 13.6. The molecule has 3 aliphatic rings. The lowest BCUT2D eigenvalue weighted by atomic mass is 9.71. The molecule has 3 rings (SSSR count). The molecule has 0 amide bonds. The maximum atomic E-state index is 10.6. The molecule has 2 atom stereocenters. The van der Waals surface area contributed by atoms with Crippen LogP contribution in [0.1, 0.15) is 71.1 Å². The van der Waals surface area contributed by atoms with Gasteiger partial charge in [0.1, 0.15) is 0 Å². The lowest BCUT2D eigenvalue weighted by Gasteiger charge is -2.45. The average Bonchev–Trinajstić information content (AvgIpc) is 2.46. The lowest BCUT2D eigenvalue weighted by Crippen LogP contribution is -2.45. The van der Waals surface area contributed by atoms with Crippen LogP contribution in [0.15, 0.2) is 0 Å². The minimum atomic E-state index is -0.125. The minimum Gasteiger partial charge on any atom is -0.393 e. The highest BCUT2D eigenvalue weighted by atomic mass is 16.5. The van der Waals surface area contributed by atoms with Crippen LogP contribution in [-0.4, -0.2) is 36.1 Å². The fourth-order valence-corrected chi connectivity index (χ4v) is 4.71. The highest BCUT2D eigenvalue weighted by Gasteiger charge is 2.41. The van der Waals surface area contributed by atoms with E-state index in [9.17, 15) is 5.11 Å². The third kappa shape index (κ3) is 3.80. The monoisotopic (exact) mass is 296 g/mol. The Bertz CT molecular complexity index is 313. The number of rotatable bonds is 5. The summed E-state index contributed by atoms with van der Waals surface area (Å²) in [5.74, 6) is 1.14. The van der Waals surface area contributed by atoms with Gasteiger partial charge in [-0.25, -0.2) is 0 Å². The highest BCUT2D eigenvalue weighted by molar-refractivity contribution is 4.93. The number of aliphatic hydroxyl groups excluding tert-OH is 1. The normalized spacial score (nSPS) is 37.1. The van der Waals surface area contributed by atoms with Crippen molar-refractivity contribution in [1.82, 2.24) is 0 Å². The molecule has 2 aliphatic carbocycles. The molecule has 1 saturated heterocycles. The molecule has 0 bridgehead atoms. The van der Waals surface area contributed by atoms with Crippen LogP contribution in [0.25, 0.3) is 0 Å². The van der Waals surface area contributed by atoms with E-state index in [4.69, 9.17) is 9.47 Å². The second-order valence-electron chi connectivity index (χ2n) is 7.56. The third-order valence-electron chi connectivity index (χ3n) is 6.01. The maximum absolute atomic E-state index is 10.6. The first-order valence-electron chi connectivity index (χ1n) is 9.14. The van der Waals surface area contributed by atoms with E-state index in [1.54, 1.807) is 0 Å². The topological polar surface area (TPSA) is 38.7 Å². The van der Waals surface area contributed by atoms with Gasteiger partial charge in [0.05, 0.1) is 17.8 Å². The molecule has 3 nitrogen and oxygen atoms in total. The smallest absolute Gasteiger partial charge is 0.0686 e. The fraction of sp³-hybridized carbons (Fsp3) is 1.00. The molecule has 122 valence electrons. The Morgan fingerprint density at radius 1 is 1.24 bits per heavy atom. The molecule has 3 fully saturated rings. The van der Waals surface area contributed by atoms with Gasteiger partial charge in [0.2, 0.25) is 0 Å². The summed E-state index contributed by atoms with van der Waals surface area (Å²) in [6.45, 7) is 3.74. The van der Waals surface area contributed by atoms with Gasteiger partial charge >= 0.3 is 0 Å². The zero-order chi connectivity index (χ0) is 14.7. The van der Waals surface area contributed by atoms with Gasteiger partial charge < -0.3 is 14.6 Å². The minimum absolute atomic E-state index is 0.121. The lowest BCUT2D eigenvalue weighted by molar-refractivity contribution is -0.138. The van der Waals surface area contributed by atoms with Crippen molar-refractivity contribution in [2.75, 3.05) is 13.2 Å². The molecule has 1 aliphatic heterocycles. The Kier molecular flexibility index (Phi) is 5.23. The summed E-state index contributed by atoms with van der Waals surface area (Å²) >= 11 is 0. The Morgan fingerprint density at radius 2 is 2.00 bits per heavy atom. The van der Waals surface area contributed by atoms with Gasteiger partial charge in [-0.3, -0.25) is 0 Å². The zero-order valence-electron chi connectivity index (χ0n) is 13.6. The molecule has 1 heterocycles. The molecule has 0 aromatic heterocycles. The molecule has 1 spiro atoms. The first-order chi connectivity index (χ1) is 10.2. The van der Waals surface area contributed by atoms with Crippen molar-refractivity contribution in [2.24, 2.45) is 11.8 Å². The number of aliphatic hydroxyl groups is 1. The SMILES string of the molecule is CCOC1CC(CC(O)C2CCOC3(CCCCC3)C2)C1. The van der Waals surface area contributed by atoms with Crippen LogP contribution in [0, 0.1) is 11.8 Å². The van der Waals surface area contributed by atoms with Crippen molar-refractivity contribution in [1.29, 1.82) is 0 Å². The predicted molar refractivity (Wildman–Crippen MR) is 83.3 cm³/mol. The maximum Gasteiger partial charge on any atom is 0.0686 e. The summed E-state index contributed by atoms with van der Waals surface area (Å²) < 4.78 is 11.8. The quantitative estimate of drug-likeness (QED) is 0.841. The van der Waals surface area contributed by atoms with E-state index in [2.05, 4.69) is 6.92 Å². The summed E-state index contributed by atoms with van der Waals surface area (Å²) in [4.78, 5) is 0. The van der Waals surface area contributed by atoms with Crippen LogP contribution in [-0.2, 0) is 9.47 Å². The van der Waals surface area contributed by atoms with E-state index >= 15 is 0 Å². The first-order valence-corrected chi connectivity index (χ1v) is 9.14. The van der Waals surface area contributed by atoms with E-state index < -0.39 is 0 Å². The molecule has 21 heavy (non-hydrogen) atoms. The Labute approximate surface area is 129 Å². The van der Waals surface area contributed by atoms with E-state index in [-0.39, 0.29) is 11.7 Å². The molecule has 2 unspecified atom stereocenters. The molecule has 0 aromatic carbocycles. The molecule has 2 saturated carbocycles. The van der Waals surface area contributed by atoms with Crippen LogP contribution < -0.4 is 0 Å². The van der Waals surface area contributed by atoms with Crippen molar-refractivity contribution in [3.63, 3.8) is 0 Å². The van der Waals surface area contributed by atoms with Crippen molar-refractivity contribution in [2.45, 2.75) is 88.9 Å². The van der Waals surface area contributed by atoms with Crippen molar-refractivity contribution in [3.8, 4) is 0 Å². The van der Waals surface area contributed by atoms with Gasteiger partial charge in [-0.1, -0.05) is 19.3 Å². The van der Waals surface area contributed by atoms with Gasteiger partial charge in [0, 0.05) is 13.2 Å². The number of hydrogen-bond acceptors (Lipinski definition) is 3. The third-order valence-corrected chi connectivity index (χ3v) is 6.01. The first kappa shape index (κ1) is 15.8. The van der Waals surface area contributed by atoms with E-state index in [0.29, 0.717) is 17.9 Å². The van der Waals surface area contributed by atoms with Gasteiger partial charge in [0.15, 0.2) is 0 Å². The standard InChI is InChI=1S/C18H32O3/c1-2-20-16-10-14(11-16)12-17(19)15-6-9-21-18(13-15)7-4-3-5-8-18/h14-17,19H,2-13H2,1H3. The second kappa shape index (κ2) is 6.97. The average molecular weight is 296 g/mol. The largest absolute Gasteiger partial charge is 0.393 e. The number of hydrogen-bond donors (Lipinski definition) is 1. The van der Waals surface area contributed by atoms with Crippen LogP contribution >= 0.6 is 0 Å². The van der Waals surface area contributed by atoms with Crippen molar-refractivity contribution >= 4 is 0 Å². The van der Waals surface area contributed by atoms with E-state index in [1.807, 2.05) is 0 Å². The van der Waals surface area contributed by atoms with Gasteiger partial charge in [0.25, 0.3) is 0 Å². The van der Waals surface area contributed by atoms with Gasteiger partial charge in [-0.05, 0) is 63.7 Å².